The molecule has 2 atom stereocenters. The maximum Gasteiger partial charge on any atom is 0.410 e. The topological polar surface area (TPSA) is 58.6 Å². The fourth-order valence-corrected chi connectivity index (χ4v) is 2.21. The molecule has 2 heterocycles. The summed E-state index contributed by atoms with van der Waals surface area (Å²) in [5.41, 5.74) is -0.481. The molecule has 0 aromatic rings. The third kappa shape index (κ3) is 2.13. The fourth-order valence-electron chi connectivity index (χ4n) is 2.21. The molecule has 2 rings (SSSR count). The molecule has 2 amide bonds. The van der Waals surface area contributed by atoms with Crippen molar-refractivity contribution in [1.29, 1.82) is 0 Å². The first-order valence-corrected chi connectivity index (χ1v) is 5.64. The van der Waals surface area contributed by atoms with E-state index in [9.17, 15) is 9.59 Å². The third-order valence-electron chi connectivity index (χ3n) is 2.93. The van der Waals surface area contributed by atoms with E-state index < -0.39 is 5.60 Å². The predicted octanol–water partition coefficient (Wildman–Crippen LogP) is 0.742. The molecule has 2 saturated heterocycles. The van der Waals surface area contributed by atoms with Crippen LogP contribution >= 0.6 is 0 Å². The van der Waals surface area contributed by atoms with E-state index in [1.54, 1.807) is 4.90 Å². The molecule has 0 saturated carbocycles. The summed E-state index contributed by atoms with van der Waals surface area (Å²) in [6, 6.07) is 0.109. The van der Waals surface area contributed by atoms with Gasteiger partial charge >= 0.3 is 6.09 Å². The lowest BCUT2D eigenvalue weighted by Gasteiger charge is -2.28. The number of likely N-dealkylation sites (tertiary alicyclic amines) is 1. The van der Waals surface area contributed by atoms with Gasteiger partial charge in [-0.15, -0.1) is 0 Å². The minimum Gasteiger partial charge on any atom is -0.444 e. The summed E-state index contributed by atoms with van der Waals surface area (Å²) < 4.78 is 5.31. The SMILES string of the molecule is CC(C)(C)OC(=O)N1C[C@@H]2C[C@H]1CNC2=O. The Bertz CT molecular complexity index is 322. The summed E-state index contributed by atoms with van der Waals surface area (Å²) in [6.45, 7) is 6.57. The van der Waals surface area contributed by atoms with Crippen molar-refractivity contribution in [2.24, 2.45) is 5.92 Å². The van der Waals surface area contributed by atoms with Gasteiger partial charge in [-0.1, -0.05) is 0 Å². The zero-order valence-corrected chi connectivity index (χ0v) is 9.95. The second kappa shape index (κ2) is 3.64. The molecule has 2 aliphatic rings. The molecule has 5 heteroatoms. The second-order valence-corrected chi connectivity index (χ2v) is 5.46. The maximum absolute atomic E-state index is 11.9. The normalized spacial score (nSPS) is 28.9. The van der Waals surface area contributed by atoms with Crippen LogP contribution in [0.4, 0.5) is 4.79 Å². The van der Waals surface area contributed by atoms with Gasteiger partial charge in [0.25, 0.3) is 0 Å². The van der Waals surface area contributed by atoms with Crippen molar-refractivity contribution in [2.45, 2.75) is 38.8 Å². The number of nitrogens with one attached hydrogen (secondary N) is 1. The van der Waals surface area contributed by atoms with Gasteiger partial charge in [0, 0.05) is 13.1 Å². The molecule has 0 spiro atoms. The van der Waals surface area contributed by atoms with Gasteiger partial charge in [-0.05, 0) is 27.2 Å². The van der Waals surface area contributed by atoms with Crippen molar-refractivity contribution in [3.63, 3.8) is 0 Å². The summed E-state index contributed by atoms with van der Waals surface area (Å²) in [6.07, 6.45) is 0.460. The Balaban J connectivity index is 2.01. The molecule has 2 fully saturated rings. The van der Waals surface area contributed by atoms with Crippen LogP contribution in [0, 0.1) is 5.92 Å². The van der Waals surface area contributed by atoms with Crippen LogP contribution in [0.5, 0.6) is 0 Å². The van der Waals surface area contributed by atoms with E-state index in [0.29, 0.717) is 13.1 Å². The number of hydrogen-bond acceptors (Lipinski definition) is 3. The number of nitrogens with zero attached hydrogens (tertiary/aromatic N) is 1. The number of piperidine rings is 1. The summed E-state index contributed by atoms with van der Waals surface area (Å²) in [4.78, 5) is 25.0. The molecule has 1 N–H and O–H groups in total. The van der Waals surface area contributed by atoms with E-state index in [-0.39, 0.29) is 24.0 Å². The van der Waals surface area contributed by atoms with Crippen LogP contribution in [0.25, 0.3) is 0 Å². The highest BCUT2D eigenvalue weighted by Crippen LogP contribution is 2.27. The minimum absolute atomic E-state index is 0.0498. The van der Waals surface area contributed by atoms with Gasteiger partial charge in [-0.2, -0.15) is 0 Å². The number of amides is 2. The molecular formula is C11H18N2O3. The lowest BCUT2D eigenvalue weighted by molar-refractivity contribution is -0.125. The Morgan fingerprint density at radius 3 is 2.75 bits per heavy atom. The van der Waals surface area contributed by atoms with E-state index in [4.69, 9.17) is 4.74 Å². The molecule has 0 aromatic heterocycles. The Hall–Kier alpha value is -1.26. The molecule has 90 valence electrons. The van der Waals surface area contributed by atoms with Crippen molar-refractivity contribution in [3.8, 4) is 0 Å². The predicted molar refractivity (Wildman–Crippen MR) is 57.8 cm³/mol. The minimum atomic E-state index is -0.481. The van der Waals surface area contributed by atoms with Crippen LogP contribution in [0.2, 0.25) is 0 Å². The van der Waals surface area contributed by atoms with Crippen LogP contribution in [-0.4, -0.2) is 41.6 Å². The summed E-state index contributed by atoms with van der Waals surface area (Å²) in [5.74, 6) is 0.00794. The standard InChI is InChI=1S/C11H18N2O3/c1-11(2,3)16-10(15)13-6-7-4-8(13)5-12-9(7)14/h7-8H,4-6H2,1-3H3,(H,12,14)/t7-,8-/m0/s1. The van der Waals surface area contributed by atoms with Gasteiger partial charge in [0.05, 0.1) is 12.0 Å². The Morgan fingerprint density at radius 2 is 2.19 bits per heavy atom. The van der Waals surface area contributed by atoms with E-state index in [2.05, 4.69) is 5.32 Å². The maximum atomic E-state index is 11.9. The second-order valence-electron chi connectivity index (χ2n) is 5.46. The zero-order valence-electron chi connectivity index (χ0n) is 9.95. The first-order valence-electron chi connectivity index (χ1n) is 5.64. The molecule has 16 heavy (non-hydrogen) atoms. The van der Waals surface area contributed by atoms with E-state index in [0.717, 1.165) is 6.42 Å². The molecule has 2 bridgehead atoms. The van der Waals surface area contributed by atoms with E-state index in [1.165, 1.54) is 0 Å². The van der Waals surface area contributed by atoms with Crippen molar-refractivity contribution < 1.29 is 14.3 Å². The van der Waals surface area contributed by atoms with Gasteiger partial charge < -0.3 is 15.0 Å². The number of fused-ring (bicyclic) bond motifs is 2. The highest BCUT2D eigenvalue weighted by atomic mass is 16.6. The van der Waals surface area contributed by atoms with Crippen LogP contribution in [0.1, 0.15) is 27.2 Å². The largest absolute Gasteiger partial charge is 0.444 e. The quantitative estimate of drug-likeness (QED) is 0.663. The lowest BCUT2D eigenvalue weighted by Crippen LogP contribution is -2.45. The Labute approximate surface area is 95.1 Å². The molecule has 2 aliphatic heterocycles. The highest BCUT2D eigenvalue weighted by molar-refractivity contribution is 5.82. The summed E-state index contributed by atoms with van der Waals surface area (Å²) in [5, 5.41) is 2.80. The van der Waals surface area contributed by atoms with Crippen LogP contribution < -0.4 is 5.32 Å². The third-order valence-corrected chi connectivity index (χ3v) is 2.93. The fraction of sp³-hybridized carbons (Fsp3) is 0.818. The van der Waals surface area contributed by atoms with Gasteiger partial charge in [0.15, 0.2) is 0 Å². The van der Waals surface area contributed by atoms with Crippen molar-refractivity contribution in [3.05, 3.63) is 0 Å². The number of carbonyl (C=O) groups is 2. The molecule has 0 aromatic carbocycles. The van der Waals surface area contributed by atoms with Gasteiger partial charge in [0.1, 0.15) is 5.60 Å². The number of carbonyl (C=O) groups excluding carboxylic acids is 2. The van der Waals surface area contributed by atoms with Crippen LogP contribution in [-0.2, 0) is 9.53 Å². The summed E-state index contributed by atoms with van der Waals surface area (Å²) in [7, 11) is 0. The Kier molecular flexibility index (Phi) is 2.56. The molecule has 0 aliphatic carbocycles. The average molecular weight is 226 g/mol. The monoisotopic (exact) mass is 226 g/mol. The molecule has 0 radical (unpaired) electrons. The van der Waals surface area contributed by atoms with Crippen molar-refractivity contribution in [2.75, 3.05) is 13.1 Å². The molecular weight excluding hydrogens is 208 g/mol. The Morgan fingerprint density at radius 1 is 1.50 bits per heavy atom. The van der Waals surface area contributed by atoms with Crippen LogP contribution in [0.3, 0.4) is 0 Å². The van der Waals surface area contributed by atoms with E-state index in [1.807, 2.05) is 20.8 Å². The first kappa shape index (κ1) is 11.2. The molecule has 0 unspecified atom stereocenters. The van der Waals surface area contributed by atoms with E-state index >= 15 is 0 Å². The number of rotatable bonds is 0. The van der Waals surface area contributed by atoms with Gasteiger partial charge in [-0.3, -0.25) is 4.79 Å². The number of ether oxygens (including phenoxy) is 1. The summed E-state index contributed by atoms with van der Waals surface area (Å²) >= 11 is 0. The smallest absolute Gasteiger partial charge is 0.410 e. The molecule has 5 nitrogen and oxygen atoms in total. The van der Waals surface area contributed by atoms with Crippen molar-refractivity contribution >= 4 is 12.0 Å². The first-order chi connectivity index (χ1) is 7.37. The lowest BCUT2D eigenvalue weighted by atomic mass is 10.0. The zero-order chi connectivity index (χ0) is 11.9. The van der Waals surface area contributed by atoms with Gasteiger partial charge in [0.2, 0.25) is 5.91 Å². The van der Waals surface area contributed by atoms with Crippen molar-refractivity contribution in [1.82, 2.24) is 10.2 Å². The van der Waals surface area contributed by atoms with Gasteiger partial charge in [-0.25, -0.2) is 4.79 Å². The highest BCUT2D eigenvalue weighted by Gasteiger charge is 2.43. The average Bonchev–Trinajstić information content (AvgIpc) is 2.49. The number of hydrogen-bond donors (Lipinski definition) is 1. The van der Waals surface area contributed by atoms with Crippen LogP contribution in [0.15, 0.2) is 0 Å².